The summed E-state index contributed by atoms with van der Waals surface area (Å²) in [5.41, 5.74) is 0. The lowest BCUT2D eigenvalue weighted by Gasteiger charge is -1.97. The first kappa shape index (κ1) is 10.8. The van der Waals surface area contributed by atoms with E-state index in [-0.39, 0.29) is 6.07 Å². The van der Waals surface area contributed by atoms with Crippen molar-refractivity contribution in [1.29, 1.82) is 0 Å². The van der Waals surface area contributed by atoms with Crippen molar-refractivity contribution in [3.8, 4) is 5.75 Å². The van der Waals surface area contributed by atoms with Gasteiger partial charge in [-0.15, -0.1) is 0 Å². The Balaban J connectivity index is 0.000000461. The van der Waals surface area contributed by atoms with Gasteiger partial charge in [0.2, 0.25) is 0 Å². The number of halogens is 2. The molecular formula is C8H10BrClO. The van der Waals surface area contributed by atoms with Crippen LogP contribution in [0.5, 0.6) is 5.75 Å². The molecule has 0 amide bonds. The average Bonchev–Trinajstić information content (AvgIpc) is 2.11. The third kappa shape index (κ3) is 5.10. The topological polar surface area (TPSA) is 9.23 Å². The minimum absolute atomic E-state index is 0.212. The molecule has 1 nitrogen and oxygen atoms in total. The lowest BCUT2D eigenvalue weighted by Crippen LogP contribution is -1.86. The van der Waals surface area contributed by atoms with Crippen LogP contribution in [0.3, 0.4) is 0 Å². The number of ether oxygens (including phenoxy) is 1. The molecule has 0 aliphatic rings. The minimum atomic E-state index is 0.212. The molecule has 62 valence electrons. The molecule has 0 fully saturated rings. The summed E-state index contributed by atoms with van der Waals surface area (Å²) < 4.78 is 4.97. The van der Waals surface area contributed by atoms with E-state index in [1.54, 1.807) is 0 Å². The molecule has 0 aliphatic heterocycles. The second kappa shape index (κ2) is 7.89. The fourth-order valence-corrected chi connectivity index (χ4v) is 0.706. The van der Waals surface area contributed by atoms with Crippen LogP contribution in [0.25, 0.3) is 0 Å². The van der Waals surface area contributed by atoms with Crippen molar-refractivity contribution in [3.63, 3.8) is 0 Å². The summed E-state index contributed by atoms with van der Waals surface area (Å²) in [6, 6.07) is 9.68. The van der Waals surface area contributed by atoms with Crippen molar-refractivity contribution in [2.45, 2.75) is 0 Å². The third-order valence-corrected chi connectivity index (χ3v) is 1.07. The smallest absolute Gasteiger partial charge is 0.162 e. The number of alkyl halides is 2. The Bertz CT molecular complexity index is 167. The summed E-state index contributed by atoms with van der Waals surface area (Å²) in [7, 11) is 0. The van der Waals surface area contributed by atoms with E-state index in [0.29, 0.717) is 0 Å². The van der Waals surface area contributed by atoms with Crippen LogP contribution in [0.4, 0.5) is 0 Å². The van der Waals surface area contributed by atoms with E-state index in [4.69, 9.17) is 16.3 Å². The predicted octanol–water partition coefficient (Wildman–Crippen LogP) is 3.27. The molecule has 1 aromatic rings. The summed E-state index contributed by atoms with van der Waals surface area (Å²) >= 11 is 8.25. The molecule has 0 atom stereocenters. The van der Waals surface area contributed by atoms with Gasteiger partial charge in [0.1, 0.15) is 5.75 Å². The summed E-state index contributed by atoms with van der Waals surface area (Å²) in [6.45, 7) is 0. The molecule has 0 saturated carbocycles. The van der Waals surface area contributed by atoms with Crippen LogP contribution in [0.1, 0.15) is 0 Å². The van der Waals surface area contributed by atoms with Gasteiger partial charge in [0.25, 0.3) is 0 Å². The van der Waals surface area contributed by atoms with Gasteiger partial charge in [-0.1, -0.05) is 45.7 Å². The van der Waals surface area contributed by atoms with Crippen molar-refractivity contribution in [1.82, 2.24) is 0 Å². The van der Waals surface area contributed by atoms with E-state index in [1.807, 2.05) is 36.2 Å². The normalized spacial score (nSPS) is 7.91. The monoisotopic (exact) mass is 236 g/mol. The van der Waals surface area contributed by atoms with Crippen molar-refractivity contribution >= 4 is 27.5 Å². The van der Waals surface area contributed by atoms with E-state index in [0.717, 1.165) is 5.75 Å². The summed E-state index contributed by atoms with van der Waals surface area (Å²) in [5.74, 6) is 2.62. The number of rotatable bonds is 2. The number of hydrogen-bond donors (Lipinski definition) is 0. The van der Waals surface area contributed by atoms with E-state index < -0.39 is 0 Å². The van der Waals surface area contributed by atoms with E-state index >= 15 is 0 Å². The molecule has 3 heteroatoms. The number of hydrogen-bond acceptors (Lipinski definition) is 1. The Morgan fingerprint density at radius 2 is 1.82 bits per heavy atom. The minimum Gasteiger partial charge on any atom is -0.478 e. The summed E-state index contributed by atoms with van der Waals surface area (Å²) in [5, 5.41) is 0. The molecule has 1 rings (SSSR count). The number of para-hydroxylation sites is 1. The SMILES string of the molecule is CBr.ClCOc1ccccc1. The zero-order valence-electron chi connectivity index (χ0n) is 6.26. The molecule has 0 radical (unpaired) electrons. The predicted molar refractivity (Wildman–Crippen MR) is 52.6 cm³/mol. The fraction of sp³-hybridized carbons (Fsp3) is 0.250. The maximum atomic E-state index is 5.31. The van der Waals surface area contributed by atoms with E-state index in [1.165, 1.54) is 0 Å². The van der Waals surface area contributed by atoms with Gasteiger partial charge in [0, 0.05) is 0 Å². The Hall–Kier alpha value is -0.210. The lowest BCUT2D eigenvalue weighted by molar-refractivity contribution is 0.388. The second-order valence-electron chi connectivity index (χ2n) is 1.57. The fourth-order valence-electron chi connectivity index (χ4n) is 0.580. The lowest BCUT2D eigenvalue weighted by atomic mass is 10.3. The van der Waals surface area contributed by atoms with Gasteiger partial charge in [-0.3, -0.25) is 0 Å². The van der Waals surface area contributed by atoms with Crippen LogP contribution in [-0.4, -0.2) is 11.9 Å². The largest absolute Gasteiger partial charge is 0.478 e. The van der Waals surface area contributed by atoms with Crippen molar-refractivity contribution in [3.05, 3.63) is 30.3 Å². The van der Waals surface area contributed by atoms with Crippen LogP contribution in [0, 0.1) is 0 Å². The van der Waals surface area contributed by atoms with Crippen LogP contribution in [0.2, 0.25) is 0 Å². The zero-order valence-corrected chi connectivity index (χ0v) is 8.60. The van der Waals surface area contributed by atoms with Gasteiger partial charge in [-0.25, -0.2) is 0 Å². The second-order valence-corrected chi connectivity index (χ2v) is 1.78. The molecule has 11 heavy (non-hydrogen) atoms. The van der Waals surface area contributed by atoms with Crippen molar-refractivity contribution in [2.24, 2.45) is 0 Å². The Morgan fingerprint density at radius 1 is 1.27 bits per heavy atom. The zero-order chi connectivity index (χ0) is 8.53. The molecule has 0 N–H and O–H groups in total. The molecule has 0 unspecified atom stereocenters. The third-order valence-electron chi connectivity index (χ3n) is 0.964. The Kier molecular flexibility index (Phi) is 7.74. The highest BCUT2D eigenvalue weighted by atomic mass is 79.9. The van der Waals surface area contributed by atoms with Crippen LogP contribution < -0.4 is 4.74 Å². The summed E-state index contributed by atoms with van der Waals surface area (Å²) in [4.78, 5) is 0. The van der Waals surface area contributed by atoms with Gasteiger partial charge >= 0.3 is 0 Å². The molecule has 0 aromatic heterocycles. The molecule has 0 aliphatic carbocycles. The molecule has 0 heterocycles. The van der Waals surface area contributed by atoms with Crippen molar-refractivity contribution < 1.29 is 4.74 Å². The molecule has 1 aromatic carbocycles. The van der Waals surface area contributed by atoms with Crippen LogP contribution in [-0.2, 0) is 0 Å². The highest BCUT2D eigenvalue weighted by molar-refractivity contribution is 9.08. The Labute approximate surface area is 80.5 Å². The first-order valence-corrected chi connectivity index (χ1v) is 5.17. The highest BCUT2D eigenvalue weighted by Gasteiger charge is 1.84. The average molecular weight is 238 g/mol. The van der Waals surface area contributed by atoms with Crippen molar-refractivity contribution in [2.75, 3.05) is 11.9 Å². The maximum absolute atomic E-state index is 5.31. The first-order chi connectivity index (χ1) is 5.43. The van der Waals surface area contributed by atoms with Gasteiger partial charge < -0.3 is 4.74 Å². The van der Waals surface area contributed by atoms with Gasteiger partial charge in [-0.2, -0.15) is 0 Å². The molecular weight excluding hydrogens is 227 g/mol. The molecule has 0 bridgehead atoms. The summed E-state index contributed by atoms with van der Waals surface area (Å²) in [6.07, 6.45) is 0. The van der Waals surface area contributed by atoms with Gasteiger partial charge in [0.05, 0.1) is 0 Å². The Morgan fingerprint density at radius 3 is 2.27 bits per heavy atom. The maximum Gasteiger partial charge on any atom is 0.162 e. The standard InChI is InChI=1S/C7H7ClO.CH3Br/c8-6-9-7-4-2-1-3-5-7;1-2/h1-5H,6H2;1H3. The van der Waals surface area contributed by atoms with Crippen LogP contribution >= 0.6 is 27.5 Å². The van der Waals surface area contributed by atoms with Gasteiger partial charge in [-0.05, 0) is 18.0 Å². The highest BCUT2D eigenvalue weighted by Crippen LogP contribution is 2.07. The molecule has 0 spiro atoms. The van der Waals surface area contributed by atoms with E-state index in [9.17, 15) is 0 Å². The first-order valence-electron chi connectivity index (χ1n) is 3.05. The van der Waals surface area contributed by atoms with E-state index in [2.05, 4.69) is 15.9 Å². The number of benzene rings is 1. The quantitative estimate of drug-likeness (QED) is 0.718. The van der Waals surface area contributed by atoms with Crippen LogP contribution in [0.15, 0.2) is 30.3 Å². The van der Waals surface area contributed by atoms with Gasteiger partial charge in [0.15, 0.2) is 6.07 Å². The molecule has 0 saturated heterocycles.